The van der Waals surface area contributed by atoms with Crippen LogP contribution in [0, 0.1) is 11.8 Å². The fourth-order valence-electron chi connectivity index (χ4n) is 3.18. The average molecular weight is 258 g/mol. The first-order valence-corrected chi connectivity index (χ1v) is 7.56. The number of esters is 1. The molecule has 2 heteroatoms. The normalized spacial score (nSPS) is 26.9. The quantitative estimate of drug-likeness (QED) is 0.765. The molecular formula is C17H22O2. The predicted octanol–water partition coefficient (Wildman–Crippen LogP) is 3.91. The molecule has 3 rings (SSSR count). The number of rotatable bonds is 4. The Labute approximate surface area is 115 Å². The zero-order valence-electron chi connectivity index (χ0n) is 11.4. The average Bonchev–Trinajstić information content (AvgIpc) is 3.27. The molecule has 0 heterocycles. The highest BCUT2D eigenvalue weighted by Crippen LogP contribution is 2.48. The first kappa shape index (κ1) is 12.7. The molecule has 2 aliphatic carbocycles. The minimum Gasteiger partial charge on any atom is -0.465 e. The van der Waals surface area contributed by atoms with Crippen molar-refractivity contribution in [3.63, 3.8) is 0 Å². The molecule has 2 atom stereocenters. The molecule has 0 radical (unpaired) electrons. The van der Waals surface area contributed by atoms with Crippen LogP contribution in [0.2, 0.25) is 0 Å². The lowest BCUT2D eigenvalue weighted by Crippen LogP contribution is -2.17. The van der Waals surface area contributed by atoms with Crippen LogP contribution in [-0.4, -0.2) is 12.6 Å². The van der Waals surface area contributed by atoms with E-state index in [4.69, 9.17) is 4.74 Å². The maximum absolute atomic E-state index is 12.0. The van der Waals surface area contributed by atoms with Crippen LogP contribution in [0.4, 0.5) is 0 Å². The van der Waals surface area contributed by atoms with Gasteiger partial charge in [-0.2, -0.15) is 0 Å². The molecule has 2 aliphatic rings. The van der Waals surface area contributed by atoms with E-state index in [1.807, 2.05) is 18.2 Å². The molecule has 0 aliphatic heterocycles. The fraction of sp³-hybridized carbons (Fsp3) is 0.588. The third-order valence-electron chi connectivity index (χ3n) is 4.51. The van der Waals surface area contributed by atoms with E-state index < -0.39 is 0 Å². The lowest BCUT2D eigenvalue weighted by molar-refractivity contribution is -0.147. The van der Waals surface area contributed by atoms with Crippen LogP contribution in [0.3, 0.4) is 0 Å². The first-order valence-electron chi connectivity index (χ1n) is 7.56. The van der Waals surface area contributed by atoms with E-state index in [2.05, 4.69) is 12.1 Å². The summed E-state index contributed by atoms with van der Waals surface area (Å²) >= 11 is 0. The Kier molecular flexibility index (Phi) is 3.86. The summed E-state index contributed by atoms with van der Waals surface area (Å²) < 4.78 is 5.52. The third kappa shape index (κ3) is 3.17. The van der Waals surface area contributed by atoms with Gasteiger partial charge in [0.2, 0.25) is 0 Å². The fourth-order valence-corrected chi connectivity index (χ4v) is 3.18. The van der Waals surface area contributed by atoms with Gasteiger partial charge in [0.05, 0.1) is 12.5 Å². The number of carbonyl (C=O) groups excluding carboxylic acids is 1. The van der Waals surface area contributed by atoms with E-state index in [-0.39, 0.29) is 11.9 Å². The smallest absolute Gasteiger partial charge is 0.309 e. The number of hydrogen-bond acceptors (Lipinski definition) is 2. The zero-order valence-corrected chi connectivity index (χ0v) is 11.4. The van der Waals surface area contributed by atoms with Crippen molar-refractivity contribution in [2.45, 2.75) is 44.4 Å². The Hall–Kier alpha value is -1.31. The molecule has 102 valence electrons. The lowest BCUT2D eigenvalue weighted by atomic mass is 9.90. The van der Waals surface area contributed by atoms with Gasteiger partial charge in [-0.1, -0.05) is 49.6 Å². The number of hydrogen-bond donors (Lipinski definition) is 0. The highest BCUT2D eigenvalue weighted by Gasteiger charge is 2.45. The molecule has 1 aromatic rings. The van der Waals surface area contributed by atoms with Crippen molar-refractivity contribution in [2.75, 3.05) is 6.61 Å². The highest BCUT2D eigenvalue weighted by atomic mass is 16.5. The minimum atomic E-state index is 0.0272. The first-order chi connectivity index (χ1) is 9.34. The lowest BCUT2D eigenvalue weighted by Gasteiger charge is -2.21. The van der Waals surface area contributed by atoms with Crippen LogP contribution in [0.5, 0.6) is 0 Å². The Balaban J connectivity index is 1.45. The largest absolute Gasteiger partial charge is 0.465 e. The SMILES string of the molecule is O=C(OCC1CCCCC1)C1CC1c1ccccc1. The molecular weight excluding hydrogens is 236 g/mol. The molecule has 2 saturated carbocycles. The molecule has 0 saturated heterocycles. The van der Waals surface area contributed by atoms with Crippen molar-refractivity contribution in [3.05, 3.63) is 35.9 Å². The minimum absolute atomic E-state index is 0.0272. The molecule has 2 nitrogen and oxygen atoms in total. The molecule has 2 fully saturated rings. The Bertz CT molecular complexity index is 420. The summed E-state index contributed by atoms with van der Waals surface area (Å²) in [6.45, 7) is 0.650. The number of carbonyl (C=O) groups is 1. The van der Waals surface area contributed by atoms with Gasteiger partial charge in [-0.15, -0.1) is 0 Å². The zero-order chi connectivity index (χ0) is 13.1. The molecule has 0 bridgehead atoms. The number of benzene rings is 1. The highest BCUT2D eigenvalue weighted by molar-refractivity contribution is 5.77. The summed E-state index contributed by atoms with van der Waals surface area (Å²) in [4.78, 5) is 12.0. The van der Waals surface area contributed by atoms with Crippen LogP contribution in [0.1, 0.15) is 50.0 Å². The van der Waals surface area contributed by atoms with E-state index >= 15 is 0 Å². The van der Waals surface area contributed by atoms with Crippen LogP contribution >= 0.6 is 0 Å². The Morgan fingerprint density at radius 1 is 1.11 bits per heavy atom. The molecule has 1 aromatic carbocycles. The van der Waals surface area contributed by atoms with Gasteiger partial charge in [-0.25, -0.2) is 0 Å². The summed E-state index contributed by atoms with van der Waals surface area (Å²) in [5.41, 5.74) is 1.28. The third-order valence-corrected chi connectivity index (χ3v) is 4.51. The monoisotopic (exact) mass is 258 g/mol. The Morgan fingerprint density at radius 3 is 2.58 bits per heavy atom. The molecule has 0 N–H and O–H groups in total. The molecule has 0 aromatic heterocycles. The van der Waals surface area contributed by atoms with E-state index in [1.54, 1.807) is 0 Å². The predicted molar refractivity (Wildman–Crippen MR) is 74.8 cm³/mol. The summed E-state index contributed by atoms with van der Waals surface area (Å²) in [7, 11) is 0. The second-order valence-corrected chi connectivity index (χ2v) is 5.99. The maximum Gasteiger partial charge on any atom is 0.309 e. The standard InChI is InChI=1S/C17H22O2/c18-17(19-12-13-7-3-1-4-8-13)16-11-15(16)14-9-5-2-6-10-14/h2,5-6,9-10,13,15-16H,1,3-4,7-8,11-12H2. The topological polar surface area (TPSA) is 26.3 Å². The van der Waals surface area contributed by atoms with Gasteiger partial charge >= 0.3 is 5.97 Å². The van der Waals surface area contributed by atoms with Gasteiger partial charge in [0.1, 0.15) is 0 Å². The molecule has 0 amide bonds. The number of ether oxygens (including phenoxy) is 1. The van der Waals surface area contributed by atoms with Crippen molar-refractivity contribution in [2.24, 2.45) is 11.8 Å². The van der Waals surface area contributed by atoms with E-state index in [9.17, 15) is 4.79 Å². The van der Waals surface area contributed by atoms with Crippen molar-refractivity contribution < 1.29 is 9.53 Å². The van der Waals surface area contributed by atoms with Gasteiger partial charge in [0.25, 0.3) is 0 Å². The summed E-state index contributed by atoms with van der Waals surface area (Å²) in [5, 5.41) is 0. The Morgan fingerprint density at radius 2 is 1.84 bits per heavy atom. The van der Waals surface area contributed by atoms with Crippen LogP contribution in [0.25, 0.3) is 0 Å². The van der Waals surface area contributed by atoms with Gasteiger partial charge in [-0.05, 0) is 36.7 Å². The molecule has 0 spiro atoms. The van der Waals surface area contributed by atoms with Crippen molar-refractivity contribution in [1.82, 2.24) is 0 Å². The van der Waals surface area contributed by atoms with Gasteiger partial charge in [0.15, 0.2) is 0 Å². The van der Waals surface area contributed by atoms with Crippen molar-refractivity contribution in [1.29, 1.82) is 0 Å². The maximum atomic E-state index is 12.0. The molecule has 2 unspecified atom stereocenters. The summed E-state index contributed by atoms with van der Waals surface area (Å²) in [5.74, 6) is 1.16. The van der Waals surface area contributed by atoms with Gasteiger partial charge in [-0.3, -0.25) is 4.79 Å². The van der Waals surface area contributed by atoms with Crippen LogP contribution in [-0.2, 0) is 9.53 Å². The van der Waals surface area contributed by atoms with Gasteiger partial charge in [0, 0.05) is 0 Å². The molecule has 19 heavy (non-hydrogen) atoms. The van der Waals surface area contributed by atoms with E-state index in [0.717, 1.165) is 6.42 Å². The second-order valence-electron chi connectivity index (χ2n) is 5.99. The van der Waals surface area contributed by atoms with Crippen molar-refractivity contribution >= 4 is 5.97 Å². The van der Waals surface area contributed by atoms with E-state index in [1.165, 1.54) is 37.7 Å². The summed E-state index contributed by atoms with van der Waals surface area (Å²) in [6.07, 6.45) is 7.40. The van der Waals surface area contributed by atoms with Crippen LogP contribution in [0.15, 0.2) is 30.3 Å². The van der Waals surface area contributed by atoms with Crippen molar-refractivity contribution in [3.8, 4) is 0 Å². The van der Waals surface area contributed by atoms with E-state index in [0.29, 0.717) is 18.4 Å². The second kappa shape index (κ2) is 5.77. The van der Waals surface area contributed by atoms with Gasteiger partial charge < -0.3 is 4.74 Å². The summed E-state index contributed by atoms with van der Waals surface area (Å²) in [6, 6.07) is 10.3. The van der Waals surface area contributed by atoms with Crippen LogP contribution < -0.4 is 0 Å².